The summed E-state index contributed by atoms with van der Waals surface area (Å²) in [7, 11) is 0. The zero-order valence-electron chi connectivity index (χ0n) is 3.86. The normalized spacial score (nSPS) is 9.43. The molecule has 0 aliphatic heterocycles. The lowest BCUT2D eigenvalue weighted by atomic mass is 10.4. The quantitative estimate of drug-likeness (QED) is 0.569. The average Bonchev–Trinajstić information content (AvgIpc) is 1.91. The van der Waals surface area contributed by atoms with Crippen LogP contribution in [-0.2, 0) is 0 Å². The Hall–Kier alpha value is 0.180. The Balaban J connectivity index is 3.12. The Morgan fingerprint density at radius 2 is 2.57 bits per heavy atom. The van der Waals surface area contributed by atoms with Crippen molar-refractivity contribution in [3.05, 3.63) is 20.8 Å². The Morgan fingerprint density at radius 1 is 1.86 bits per heavy atom. The molecule has 0 saturated carbocycles. The fourth-order valence-corrected chi connectivity index (χ4v) is 1.47. The van der Waals surface area contributed by atoms with Crippen LogP contribution in [0.4, 0.5) is 0 Å². The molecule has 0 aromatic carbocycles. The minimum atomic E-state index is 1.09. The number of halogens is 1. The molecule has 1 rings (SSSR count). The van der Waals surface area contributed by atoms with Crippen LogP contribution in [0.25, 0.3) is 0 Å². The second-order valence-electron chi connectivity index (χ2n) is 1.33. The Labute approximate surface area is 55.3 Å². The summed E-state index contributed by atoms with van der Waals surface area (Å²) in [6.07, 6.45) is 0. The van der Waals surface area contributed by atoms with Crippen molar-refractivity contribution in [1.82, 2.24) is 0 Å². The zero-order chi connectivity index (χ0) is 5.28. The third-order valence-electron chi connectivity index (χ3n) is 0.730. The third-order valence-corrected chi connectivity index (χ3v) is 2.61. The molecule has 0 aliphatic rings. The summed E-state index contributed by atoms with van der Waals surface area (Å²) in [5.74, 6) is 0. The molecule has 0 bridgehead atoms. The van der Waals surface area contributed by atoms with Gasteiger partial charge in [0.15, 0.2) is 0 Å². The van der Waals surface area contributed by atoms with Gasteiger partial charge in [-0.15, -0.1) is 11.3 Å². The topological polar surface area (TPSA) is 0 Å². The van der Waals surface area contributed by atoms with E-state index in [0.717, 1.165) is 4.47 Å². The van der Waals surface area contributed by atoms with Crippen molar-refractivity contribution in [3.8, 4) is 0 Å². The molecule has 0 amide bonds. The van der Waals surface area contributed by atoms with Crippen LogP contribution >= 0.6 is 27.3 Å². The van der Waals surface area contributed by atoms with E-state index in [1.807, 2.05) is 0 Å². The van der Waals surface area contributed by atoms with Crippen LogP contribution in [0.5, 0.6) is 0 Å². The smallest absolute Gasteiger partial charge is 0.0598 e. The van der Waals surface area contributed by atoms with Crippen LogP contribution in [0.15, 0.2) is 9.85 Å². The van der Waals surface area contributed by atoms with Gasteiger partial charge < -0.3 is 0 Å². The van der Waals surface area contributed by atoms with Gasteiger partial charge in [-0.2, -0.15) is 0 Å². The molecule has 1 aromatic rings. The summed E-state index contributed by atoms with van der Waals surface area (Å²) >= 11 is 4.91. The van der Waals surface area contributed by atoms with E-state index < -0.39 is 0 Å². The van der Waals surface area contributed by atoms with Crippen LogP contribution in [0.2, 0.25) is 0 Å². The summed E-state index contributed by atoms with van der Waals surface area (Å²) in [4.78, 5) is 0. The largest absolute Gasteiger partial charge is 0.141 e. The van der Waals surface area contributed by atoms with Crippen LogP contribution in [0.1, 0.15) is 5.56 Å². The minimum Gasteiger partial charge on any atom is -0.141 e. The number of rotatable bonds is 0. The van der Waals surface area contributed by atoms with Crippen molar-refractivity contribution in [3.63, 3.8) is 0 Å². The molecule has 2 heteroatoms. The van der Waals surface area contributed by atoms with Crippen molar-refractivity contribution in [1.29, 1.82) is 0 Å². The van der Waals surface area contributed by atoms with Crippen LogP contribution in [0.3, 0.4) is 0 Å². The molecule has 0 nitrogen and oxygen atoms in total. The highest BCUT2D eigenvalue weighted by Gasteiger charge is 1.90. The molecular weight excluding hydrogens is 172 g/mol. The van der Waals surface area contributed by atoms with Crippen molar-refractivity contribution >= 4 is 27.3 Å². The highest BCUT2D eigenvalue weighted by molar-refractivity contribution is 9.10. The lowest BCUT2D eigenvalue weighted by Gasteiger charge is -1.76. The van der Waals surface area contributed by atoms with Crippen molar-refractivity contribution in [2.45, 2.75) is 6.92 Å². The lowest BCUT2D eigenvalue weighted by Crippen LogP contribution is -1.56. The van der Waals surface area contributed by atoms with Crippen molar-refractivity contribution in [2.24, 2.45) is 0 Å². The fourth-order valence-electron chi connectivity index (χ4n) is 0.302. The first-order chi connectivity index (χ1) is 3.30. The van der Waals surface area contributed by atoms with Gasteiger partial charge in [0.25, 0.3) is 0 Å². The lowest BCUT2D eigenvalue weighted by molar-refractivity contribution is 1.51. The Morgan fingerprint density at radius 3 is 2.71 bits per heavy atom. The van der Waals surface area contributed by atoms with Crippen LogP contribution < -0.4 is 0 Å². The second kappa shape index (κ2) is 1.97. The summed E-state index contributed by atoms with van der Waals surface area (Å²) in [5, 5.41) is 5.09. The van der Waals surface area contributed by atoms with E-state index in [-0.39, 0.29) is 0 Å². The van der Waals surface area contributed by atoms with Gasteiger partial charge in [0.2, 0.25) is 0 Å². The number of hydrogen-bond acceptors (Lipinski definition) is 1. The molecule has 0 fully saturated rings. The summed E-state index contributed by atoms with van der Waals surface area (Å²) < 4.78 is 1.09. The summed E-state index contributed by atoms with van der Waals surface area (Å²) in [5.41, 5.74) is 1.27. The molecule has 7 heavy (non-hydrogen) atoms. The van der Waals surface area contributed by atoms with E-state index >= 15 is 0 Å². The SMILES string of the molecule is Cc1cs[c]c1Br. The maximum Gasteiger partial charge on any atom is 0.0598 e. The Bertz CT molecular complexity index is 140. The van der Waals surface area contributed by atoms with Gasteiger partial charge in [0, 0.05) is 4.47 Å². The molecule has 1 heterocycles. The molecule has 0 unspecified atom stereocenters. The number of aryl methyl sites for hydroxylation is 1. The van der Waals surface area contributed by atoms with E-state index in [4.69, 9.17) is 0 Å². The van der Waals surface area contributed by atoms with Crippen molar-refractivity contribution in [2.75, 3.05) is 0 Å². The maximum atomic E-state index is 3.32. The first-order valence-corrected chi connectivity index (χ1v) is 3.59. The molecule has 0 aliphatic carbocycles. The third kappa shape index (κ3) is 1.04. The number of hydrogen-bond donors (Lipinski definition) is 0. The standard InChI is InChI=1S/C5H4BrS/c1-4-2-7-3-5(4)6/h2H,1H3. The fraction of sp³-hybridized carbons (Fsp3) is 0.200. The molecular formula is C5H4BrS. The maximum absolute atomic E-state index is 3.32. The molecule has 37 valence electrons. The van der Waals surface area contributed by atoms with Gasteiger partial charge in [-0.3, -0.25) is 0 Å². The van der Waals surface area contributed by atoms with Gasteiger partial charge >= 0.3 is 0 Å². The molecule has 1 radical (unpaired) electrons. The zero-order valence-corrected chi connectivity index (χ0v) is 6.27. The average molecular weight is 176 g/mol. The summed E-state index contributed by atoms with van der Waals surface area (Å²) in [6.45, 7) is 2.05. The second-order valence-corrected chi connectivity index (χ2v) is 2.80. The number of thiophene rings is 1. The molecule has 0 atom stereocenters. The minimum absolute atomic E-state index is 1.09. The predicted molar refractivity (Wildman–Crippen MR) is 35.6 cm³/mol. The van der Waals surface area contributed by atoms with E-state index in [2.05, 4.69) is 33.6 Å². The van der Waals surface area contributed by atoms with E-state index in [1.165, 1.54) is 5.56 Å². The van der Waals surface area contributed by atoms with E-state index in [9.17, 15) is 0 Å². The van der Waals surface area contributed by atoms with Crippen LogP contribution in [0, 0.1) is 12.3 Å². The first-order valence-electron chi connectivity index (χ1n) is 1.92. The predicted octanol–water partition coefficient (Wildman–Crippen LogP) is 2.62. The summed E-state index contributed by atoms with van der Waals surface area (Å²) in [6, 6.07) is 0. The molecule has 1 aromatic heterocycles. The van der Waals surface area contributed by atoms with E-state index in [1.54, 1.807) is 11.3 Å². The van der Waals surface area contributed by atoms with Crippen molar-refractivity contribution < 1.29 is 0 Å². The molecule has 0 spiro atoms. The highest BCUT2D eigenvalue weighted by atomic mass is 79.9. The highest BCUT2D eigenvalue weighted by Crippen LogP contribution is 2.18. The van der Waals surface area contributed by atoms with Gasteiger partial charge in [-0.1, -0.05) is 0 Å². The first kappa shape index (κ1) is 5.32. The monoisotopic (exact) mass is 175 g/mol. The van der Waals surface area contributed by atoms with E-state index in [0.29, 0.717) is 0 Å². The molecule has 0 N–H and O–H groups in total. The van der Waals surface area contributed by atoms with Crippen LogP contribution in [-0.4, -0.2) is 0 Å². The van der Waals surface area contributed by atoms with Gasteiger partial charge in [0.05, 0.1) is 5.38 Å². The Kier molecular flexibility index (Phi) is 1.50. The van der Waals surface area contributed by atoms with Gasteiger partial charge in [-0.05, 0) is 33.8 Å². The molecule has 0 saturated heterocycles. The van der Waals surface area contributed by atoms with Gasteiger partial charge in [0.1, 0.15) is 0 Å². The van der Waals surface area contributed by atoms with Gasteiger partial charge in [-0.25, -0.2) is 0 Å².